The molecule has 0 atom stereocenters. The van der Waals surface area contributed by atoms with Crippen molar-refractivity contribution in [1.29, 1.82) is 0 Å². The zero-order valence-electron chi connectivity index (χ0n) is 15.3. The number of carbonyl (C=O) groups is 1. The Morgan fingerprint density at radius 1 is 0.962 bits per heavy atom. The van der Waals surface area contributed by atoms with Crippen molar-refractivity contribution in [3.05, 3.63) is 47.8 Å². The number of rotatable bonds is 9. The highest BCUT2D eigenvalue weighted by molar-refractivity contribution is 6.11. The number of aromatic carboxylic acids is 1. The van der Waals surface area contributed by atoms with E-state index in [1.165, 1.54) is 44.4 Å². The van der Waals surface area contributed by atoms with Crippen LogP contribution in [-0.2, 0) is 6.42 Å². The Balaban J connectivity index is 1.88. The van der Waals surface area contributed by atoms with E-state index in [4.69, 9.17) is 0 Å². The molecule has 136 valence electrons. The van der Waals surface area contributed by atoms with Crippen LogP contribution < -0.4 is 5.11 Å². The maximum Gasteiger partial charge on any atom is 0.0973 e. The number of carbonyl (C=O) groups excluding carboxylic acids is 1. The second-order valence-corrected chi connectivity index (χ2v) is 6.85. The molecule has 2 heterocycles. The summed E-state index contributed by atoms with van der Waals surface area (Å²) in [5, 5.41) is 13.3. The molecule has 0 spiro atoms. The quantitative estimate of drug-likeness (QED) is 0.423. The van der Waals surface area contributed by atoms with Gasteiger partial charge < -0.3 is 9.90 Å². The topological polar surface area (TPSA) is 65.9 Å². The number of benzene rings is 1. The first-order chi connectivity index (χ1) is 12.7. The number of carboxylic acid groups (broad SMARTS) is 1. The molecular formula is C22H25N2O2-. The molecule has 4 heteroatoms. The summed E-state index contributed by atoms with van der Waals surface area (Å²) < 4.78 is 0. The Kier molecular flexibility index (Phi) is 6.16. The molecule has 2 aromatic heterocycles. The van der Waals surface area contributed by atoms with Crippen molar-refractivity contribution in [3.8, 4) is 0 Å². The van der Waals surface area contributed by atoms with Gasteiger partial charge in [-0.1, -0.05) is 51.5 Å². The van der Waals surface area contributed by atoms with Gasteiger partial charge in [-0.15, -0.1) is 0 Å². The zero-order chi connectivity index (χ0) is 18.4. The molecule has 0 bridgehead atoms. The number of fused-ring (bicyclic) bond motifs is 3. The molecule has 0 radical (unpaired) electrons. The summed E-state index contributed by atoms with van der Waals surface area (Å²) in [4.78, 5) is 20.5. The van der Waals surface area contributed by atoms with Gasteiger partial charge in [-0.05, 0) is 36.6 Å². The van der Waals surface area contributed by atoms with E-state index >= 15 is 0 Å². The second-order valence-electron chi connectivity index (χ2n) is 6.85. The van der Waals surface area contributed by atoms with Crippen LogP contribution in [0.5, 0.6) is 0 Å². The highest BCUT2D eigenvalue weighted by Crippen LogP contribution is 2.29. The van der Waals surface area contributed by atoms with Gasteiger partial charge in [0.25, 0.3) is 0 Å². The van der Waals surface area contributed by atoms with Crippen LogP contribution in [0.2, 0.25) is 0 Å². The maximum absolute atomic E-state index is 11.6. The largest absolute Gasteiger partial charge is 0.545 e. The van der Waals surface area contributed by atoms with E-state index in [2.05, 4.69) is 23.0 Å². The van der Waals surface area contributed by atoms with Crippen molar-refractivity contribution < 1.29 is 9.90 Å². The minimum absolute atomic E-state index is 0.209. The van der Waals surface area contributed by atoms with Crippen LogP contribution in [0.25, 0.3) is 21.8 Å². The van der Waals surface area contributed by atoms with Gasteiger partial charge in [-0.2, -0.15) is 0 Å². The first-order valence-corrected chi connectivity index (χ1v) is 9.59. The maximum atomic E-state index is 11.6. The number of unbranched alkanes of at least 4 members (excludes halogenated alkanes) is 6. The molecule has 4 nitrogen and oxygen atoms in total. The predicted molar refractivity (Wildman–Crippen MR) is 103 cm³/mol. The van der Waals surface area contributed by atoms with Crippen molar-refractivity contribution in [1.82, 2.24) is 9.97 Å². The second kappa shape index (κ2) is 8.75. The summed E-state index contributed by atoms with van der Waals surface area (Å²) in [6, 6.07) is 7.49. The summed E-state index contributed by atoms with van der Waals surface area (Å²) in [6.45, 7) is 2.22. The van der Waals surface area contributed by atoms with Crippen LogP contribution in [0.1, 0.15) is 67.8 Å². The molecule has 26 heavy (non-hydrogen) atoms. The molecule has 1 aromatic carbocycles. The average Bonchev–Trinajstić information content (AvgIpc) is 2.66. The minimum Gasteiger partial charge on any atom is -0.545 e. The van der Waals surface area contributed by atoms with Gasteiger partial charge in [0.1, 0.15) is 0 Å². The smallest absolute Gasteiger partial charge is 0.0973 e. The number of pyridine rings is 2. The lowest BCUT2D eigenvalue weighted by atomic mass is 9.95. The number of aromatic nitrogens is 2. The zero-order valence-corrected chi connectivity index (χ0v) is 15.3. The third-order valence-corrected chi connectivity index (χ3v) is 4.93. The molecule has 0 saturated heterocycles. The fourth-order valence-corrected chi connectivity index (χ4v) is 3.60. The van der Waals surface area contributed by atoms with Crippen LogP contribution in [0.15, 0.2) is 36.7 Å². The van der Waals surface area contributed by atoms with Crippen molar-refractivity contribution in [2.75, 3.05) is 0 Å². The van der Waals surface area contributed by atoms with Crippen LogP contribution in [0.4, 0.5) is 0 Å². The highest BCUT2D eigenvalue weighted by atomic mass is 16.4. The lowest BCUT2D eigenvalue weighted by molar-refractivity contribution is -0.254. The van der Waals surface area contributed by atoms with E-state index in [0.29, 0.717) is 10.9 Å². The number of hydrogen-bond acceptors (Lipinski definition) is 4. The average molecular weight is 349 g/mol. The molecule has 0 N–H and O–H groups in total. The number of hydrogen-bond donors (Lipinski definition) is 0. The van der Waals surface area contributed by atoms with Crippen LogP contribution >= 0.6 is 0 Å². The van der Waals surface area contributed by atoms with E-state index in [9.17, 15) is 9.90 Å². The first-order valence-electron chi connectivity index (χ1n) is 9.59. The monoisotopic (exact) mass is 349 g/mol. The van der Waals surface area contributed by atoms with Gasteiger partial charge in [-0.3, -0.25) is 9.97 Å². The third-order valence-electron chi connectivity index (χ3n) is 4.93. The summed E-state index contributed by atoms with van der Waals surface area (Å²) >= 11 is 0. The van der Waals surface area contributed by atoms with E-state index in [1.807, 2.05) is 12.1 Å². The Morgan fingerprint density at radius 2 is 1.69 bits per heavy atom. The molecular weight excluding hydrogens is 324 g/mol. The van der Waals surface area contributed by atoms with Crippen molar-refractivity contribution in [2.45, 2.75) is 58.3 Å². The van der Waals surface area contributed by atoms with Gasteiger partial charge >= 0.3 is 0 Å². The highest BCUT2D eigenvalue weighted by Gasteiger charge is 2.13. The molecule has 0 aliphatic carbocycles. The van der Waals surface area contributed by atoms with Gasteiger partial charge in [0.05, 0.1) is 17.0 Å². The van der Waals surface area contributed by atoms with E-state index in [1.54, 1.807) is 6.20 Å². The van der Waals surface area contributed by atoms with Gasteiger partial charge in [0.15, 0.2) is 0 Å². The SMILES string of the molecule is CCCCCCCCCc1cc2cccnc2c2nccc(C(=O)[O-])c12. The molecule has 0 aliphatic rings. The van der Waals surface area contributed by atoms with Gasteiger partial charge in [0, 0.05) is 28.7 Å². The van der Waals surface area contributed by atoms with Crippen LogP contribution in [0, 0.1) is 0 Å². The van der Waals surface area contributed by atoms with Gasteiger partial charge in [0.2, 0.25) is 0 Å². The number of carboxylic acids is 1. The molecule has 0 amide bonds. The molecule has 0 fully saturated rings. The molecule has 0 saturated carbocycles. The molecule has 0 unspecified atom stereocenters. The van der Waals surface area contributed by atoms with E-state index < -0.39 is 5.97 Å². The van der Waals surface area contributed by atoms with Crippen molar-refractivity contribution in [2.24, 2.45) is 0 Å². The van der Waals surface area contributed by atoms with E-state index in [0.717, 1.165) is 35.7 Å². The minimum atomic E-state index is -1.16. The lowest BCUT2D eigenvalue weighted by Crippen LogP contribution is -2.23. The fraction of sp³-hybridized carbons (Fsp3) is 0.409. The number of nitrogens with zero attached hydrogens (tertiary/aromatic N) is 2. The Labute approximate surface area is 154 Å². The van der Waals surface area contributed by atoms with Crippen molar-refractivity contribution >= 4 is 27.8 Å². The van der Waals surface area contributed by atoms with Gasteiger partial charge in [-0.25, -0.2) is 0 Å². The lowest BCUT2D eigenvalue weighted by Gasteiger charge is -2.14. The van der Waals surface area contributed by atoms with Crippen LogP contribution in [-0.4, -0.2) is 15.9 Å². The Bertz CT molecular complexity index is 905. The van der Waals surface area contributed by atoms with E-state index in [-0.39, 0.29) is 5.56 Å². The number of aryl methyl sites for hydroxylation is 1. The van der Waals surface area contributed by atoms with Crippen molar-refractivity contribution in [3.63, 3.8) is 0 Å². The van der Waals surface area contributed by atoms with Crippen LogP contribution in [0.3, 0.4) is 0 Å². The molecule has 0 aliphatic heterocycles. The Hall–Kier alpha value is -2.49. The predicted octanol–water partition coefficient (Wildman–Crippen LogP) is 4.44. The summed E-state index contributed by atoms with van der Waals surface area (Å²) in [6.07, 6.45) is 12.7. The summed E-state index contributed by atoms with van der Waals surface area (Å²) in [7, 11) is 0. The first kappa shape index (κ1) is 18.3. The third kappa shape index (κ3) is 4.01. The standard InChI is InChI=1S/C22H26N2O2/c1-2-3-4-5-6-7-8-10-16-15-17-11-9-13-23-20(17)21-19(16)18(22(25)26)12-14-24-21/h9,11-15H,2-8,10H2,1H3,(H,25,26)/p-1. The fourth-order valence-electron chi connectivity index (χ4n) is 3.60. The molecule has 3 rings (SSSR count). The summed E-state index contributed by atoms with van der Waals surface area (Å²) in [5.41, 5.74) is 2.64. The molecule has 3 aromatic rings. The Morgan fingerprint density at radius 3 is 2.46 bits per heavy atom. The normalized spacial score (nSPS) is 11.3. The summed E-state index contributed by atoms with van der Waals surface area (Å²) in [5.74, 6) is -1.16.